The highest BCUT2D eigenvalue weighted by Gasteiger charge is 2.24. The molecule has 0 amide bonds. The first kappa shape index (κ1) is 31.9. The van der Waals surface area contributed by atoms with Crippen molar-refractivity contribution in [3.05, 3.63) is 24.3 Å². The van der Waals surface area contributed by atoms with Gasteiger partial charge in [0.2, 0.25) is 0 Å². The van der Waals surface area contributed by atoms with E-state index in [1.165, 1.54) is 12.8 Å². The molecule has 0 radical (unpaired) electrons. The summed E-state index contributed by atoms with van der Waals surface area (Å²) in [6.07, 6.45) is 17.1. The van der Waals surface area contributed by atoms with Crippen molar-refractivity contribution in [2.45, 2.75) is 89.8 Å². The fraction of sp³-hybridized carbons (Fsp3) is 0.783. The Kier molecular flexibility index (Phi) is 20.8. The highest BCUT2D eigenvalue weighted by atomic mass is 31.2. The van der Waals surface area contributed by atoms with Gasteiger partial charge in [0.15, 0.2) is 0 Å². The SMILES string of the molecule is CCCC/C=C\C/C=C\CCCCCCCC(=O)OCC(O)COP(=O)(O)OCC(O)CO. The van der Waals surface area contributed by atoms with Crippen molar-refractivity contribution < 1.29 is 43.4 Å². The monoisotopic (exact) mass is 494 g/mol. The molecular formula is C23H43O9P. The summed E-state index contributed by atoms with van der Waals surface area (Å²) in [4.78, 5) is 21.1. The molecule has 33 heavy (non-hydrogen) atoms. The molecule has 0 aromatic rings. The van der Waals surface area contributed by atoms with Gasteiger partial charge in [-0.05, 0) is 32.1 Å². The lowest BCUT2D eigenvalue weighted by Crippen LogP contribution is -2.24. The van der Waals surface area contributed by atoms with Gasteiger partial charge in [0, 0.05) is 6.42 Å². The fourth-order valence-corrected chi connectivity index (χ4v) is 3.45. The lowest BCUT2D eigenvalue weighted by molar-refractivity contribution is -0.147. The van der Waals surface area contributed by atoms with Gasteiger partial charge in [0.05, 0.1) is 19.8 Å². The Balaban J connectivity index is 3.63. The predicted octanol–water partition coefficient (Wildman–Crippen LogP) is 3.80. The number of rotatable bonds is 22. The summed E-state index contributed by atoms with van der Waals surface area (Å²) in [5, 5.41) is 27.4. The van der Waals surface area contributed by atoms with Crippen LogP contribution in [0.25, 0.3) is 0 Å². The van der Waals surface area contributed by atoms with Gasteiger partial charge in [0.25, 0.3) is 0 Å². The zero-order valence-electron chi connectivity index (χ0n) is 19.8. The van der Waals surface area contributed by atoms with Crippen molar-refractivity contribution in [2.75, 3.05) is 26.4 Å². The number of phosphoric acid groups is 1. The van der Waals surface area contributed by atoms with Crippen LogP contribution >= 0.6 is 7.82 Å². The first-order chi connectivity index (χ1) is 15.8. The molecule has 0 saturated heterocycles. The molecule has 3 unspecified atom stereocenters. The Bertz CT molecular complexity index is 580. The van der Waals surface area contributed by atoms with Crippen molar-refractivity contribution in [3.8, 4) is 0 Å². The van der Waals surface area contributed by atoms with Crippen LogP contribution in [0.5, 0.6) is 0 Å². The average molecular weight is 495 g/mol. The highest BCUT2D eigenvalue weighted by Crippen LogP contribution is 2.43. The third-order valence-corrected chi connectivity index (χ3v) is 5.54. The number of hydrogen-bond donors (Lipinski definition) is 4. The molecule has 194 valence electrons. The van der Waals surface area contributed by atoms with Gasteiger partial charge >= 0.3 is 13.8 Å². The summed E-state index contributed by atoms with van der Waals surface area (Å²) in [6, 6.07) is 0. The average Bonchev–Trinajstić information content (AvgIpc) is 2.80. The molecule has 0 aromatic carbocycles. The van der Waals surface area contributed by atoms with Crippen LogP contribution in [0.15, 0.2) is 24.3 Å². The minimum atomic E-state index is -4.48. The van der Waals surface area contributed by atoms with Crippen LogP contribution < -0.4 is 0 Å². The van der Waals surface area contributed by atoms with Crippen molar-refractivity contribution in [3.63, 3.8) is 0 Å². The molecule has 0 saturated carbocycles. The lowest BCUT2D eigenvalue weighted by atomic mass is 10.1. The number of unbranched alkanes of at least 4 members (excludes halogenated alkanes) is 7. The number of carbonyl (C=O) groups is 1. The zero-order chi connectivity index (χ0) is 24.8. The molecule has 0 bridgehead atoms. The molecule has 0 fully saturated rings. The minimum absolute atomic E-state index is 0.249. The normalized spacial score (nSPS) is 15.7. The van der Waals surface area contributed by atoms with Crippen LogP contribution in [0.1, 0.15) is 77.6 Å². The summed E-state index contributed by atoms with van der Waals surface area (Å²) in [5.41, 5.74) is 0. The third kappa shape index (κ3) is 22.5. The largest absolute Gasteiger partial charge is 0.472 e. The highest BCUT2D eigenvalue weighted by molar-refractivity contribution is 7.47. The Morgan fingerprint density at radius 2 is 1.42 bits per heavy atom. The minimum Gasteiger partial charge on any atom is -0.463 e. The van der Waals surface area contributed by atoms with Gasteiger partial charge in [-0.2, -0.15) is 0 Å². The maximum Gasteiger partial charge on any atom is 0.472 e. The Morgan fingerprint density at radius 3 is 2.06 bits per heavy atom. The summed E-state index contributed by atoms with van der Waals surface area (Å²) < 4.78 is 25.5. The van der Waals surface area contributed by atoms with Gasteiger partial charge in [-0.3, -0.25) is 13.8 Å². The summed E-state index contributed by atoms with van der Waals surface area (Å²) in [5.74, 6) is -0.446. The molecule has 10 heteroatoms. The first-order valence-corrected chi connectivity index (χ1v) is 13.3. The standard InChI is InChI=1S/C23H43O9P/c1-2-3-4-5-6-7-8-9-10-11-12-13-14-15-16-23(27)30-18-22(26)20-32-33(28,29)31-19-21(25)17-24/h5-6,8-9,21-22,24-26H,2-4,7,10-20H2,1H3,(H,28,29)/b6-5-,9-8-. The lowest BCUT2D eigenvalue weighted by Gasteiger charge is -2.16. The number of phosphoric ester groups is 1. The van der Waals surface area contributed by atoms with E-state index in [-0.39, 0.29) is 13.0 Å². The number of carbonyl (C=O) groups excluding carboxylic acids is 1. The molecule has 0 aliphatic rings. The van der Waals surface area contributed by atoms with E-state index in [1.54, 1.807) is 0 Å². The summed E-state index contributed by atoms with van der Waals surface area (Å²) >= 11 is 0. The van der Waals surface area contributed by atoms with Gasteiger partial charge < -0.3 is 24.9 Å². The first-order valence-electron chi connectivity index (χ1n) is 11.8. The number of ether oxygens (including phenoxy) is 1. The second-order valence-electron chi connectivity index (χ2n) is 7.86. The topological polar surface area (TPSA) is 143 Å². The maximum absolute atomic E-state index is 11.7. The molecule has 0 aliphatic heterocycles. The van der Waals surface area contributed by atoms with Gasteiger partial charge in [-0.1, -0.05) is 63.3 Å². The van der Waals surface area contributed by atoms with Crippen LogP contribution in [-0.4, -0.2) is 64.8 Å². The van der Waals surface area contributed by atoms with Crippen LogP contribution in [0.3, 0.4) is 0 Å². The smallest absolute Gasteiger partial charge is 0.463 e. The quantitative estimate of drug-likeness (QED) is 0.0765. The van der Waals surface area contributed by atoms with E-state index in [0.29, 0.717) is 6.42 Å². The second-order valence-corrected chi connectivity index (χ2v) is 9.31. The molecule has 0 aromatic heterocycles. The van der Waals surface area contributed by atoms with Crippen LogP contribution in [0.2, 0.25) is 0 Å². The molecule has 4 N–H and O–H groups in total. The van der Waals surface area contributed by atoms with Crippen LogP contribution in [0, 0.1) is 0 Å². The molecule has 0 spiro atoms. The Labute approximate surface area is 198 Å². The number of hydrogen-bond acceptors (Lipinski definition) is 8. The molecule has 0 rings (SSSR count). The van der Waals surface area contributed by atoms with Crippen molar-refractivity contribution in [2.24, 2.45) is 0 Å². The van der Waals surface area contributed by atoms with Crippen molar-refractivity contribution in [1.82, 2.24) is 0 Å². The predicted molar refractivity (Wildman–Crippen MR) is 127 cm³/mol. The molecular weight excluding hydrogens is 451 g/mol. The van der Waals surface area contributed by atoms with E-state index in [9.17, 15) is 19.4 Å². The third-order valence-electron chi connectivity index (χ3n) is 4.59. The van der Waals surface area contributed by atoms with E-state index in [1.807, 2.05) is 0 Å². The van der Waals surface area contributed by atoms with E-state index < -0.39 is 45.8 Å². The van der Waals surface area contributed by atoms with E-state index in [4.69, 9.17) is 14.9 Å². The van der Waals surface area contributed by atoms with E-state index in [0.717, 1.165) is 44.9 Å². The summed E-state index contributed by atoms with van der Waals surface area (Å²) in [6.45, 7) is 0.0209. The van der Waals surface area contributed by atoms with Crippen LogP contribution in [-0.2, 0) is 23.1 Å². The molecule has 0 heterocycles. The van der Waals surface area contributed by atoms with Crippen LogP contribution in [0.4, 0.5) is 0 Å². The fourth-order valence-electron chi connectivity index (χ4n) is 2.65. The number of aliphatic hydroxyl groups excluding tert-OH is 3. The van der Waals surface area contributed by atoms with Gasteiger partial charge in [-0.15, -0.1) is 0 Å². The van der Waals surface area contributed by atoms with E-state index >= 15 is 0 Å². The number of allylic oxidation sites excluding steroid dienone is 4. The Morgan fingerprint density at radius 1 is 0.848 bits per heavy atom. The van der Waals surface area contributed by atoms with Crippen molar-refractivity contribution >= 4 is 13.8 Å². The zero-order valence-corrected chi connectivity index (χ0v) is 20.7. The van der Waals surface area contributed by atoms with Gasteiger partial charge in [0.1, 0.15) is 18.8 Å². The van der Waals surface area contributed by atoms with Crippen molar-refractivity contribution in [1.29, 1.82) is 0 Å². The molecule has 3 atom stereocenters. The Hall–Kier alpha value is -1.06. The maximum atomic E-state index is 11.7. The second kappa shape index (κ2) is 21.5. The number of aliphatic hydroxyl groups is 3. The van der Waals surface area contributed by atoms with E-state index in [2.05, 4.69) is 40.3 Å². The summed E-state index contributed by atoms with van der Waals surface area (Å²) in [7, 11) is -4.48. The van der Waals surface area contributed by atoms with Gasteiger partial charge in [-0.25, -0.2) is 4.57 Å². The molecule has 9 nitrogen and oxygen atoms in total. The molecule has 0 aliphatic carbocycles. The number of esters is 1.